The molecule has 0 bridgehead atoms. The fourth-order valence-electron chi connectivity index (χ4n) is 1.07. The van der Waals surface area contributed by atoms with E-state index in [4.69, 9.17) is 33.0 Å². The summed E-state index contributed by atoms with van der Waals surface area (Å²) in [6.45, 7) is 0.310. The molecule has 0 aliphatic heterocycles. The van der Waals surface area contributed by atoms with E-state index in [0.717, 1.165) is 0 Å². The van der Waals surface area contributed by atoms with Gasteiger partial charge in [-0.25, -0.2) is 0 Å². The van der Waals surface area contributed by atoms with E-state index in [9.17, 15) is 5.02 Å². The first kappa shape index (κ1) is 12.8. The Morgan fingerprint density at radius 1 is 1.20 bits per heavy atom. The summed E-state index contributed by atoms with van der Waals surface area (Å²) in [4.78, 5) is 0. The van der Waals surface area contributed by atoms with Crippen molar-refractivity contribution in [3.63, 3.8) is 0 Å². The average Bonchev–Trinajstić information content (AvgIpc) is 2.16. The third-order valence-corrected chi connectivity index (χ3v) is 2.18. The predicted octanol–water partition coefficient (Wildman–Crippen LogP) is 1.08. The molecule has 0 saturated carbocycles. The van der Waals surface area contributed by atoms with Crippen molar-refractivity contribution in [2.45, 2.75) is 6.42 Å². The summed E-state index contributed by atoms with van der Waals surface area (Å²) in [6, 6.07) is 4.74. The molecular weight excluding hydrogens is 238 g/mol. The normalized spacial score (nSPS) is 10.4. The molecule has 0 atom stereocenters. The minimum Gasteiger partial charge on any atom is -0.423 e. The number of hydrogen-bond acceptors (Lipinski definition) is 3. The van der Waals surface area contributed by atoms with E-state index in [-0.39, 0.29) is 13.2 Å². The van der Waals surface area contributed by atoms with Gasteiger partial charge in [0.15, 0.2) is 0 Å². The van der Waals surface area contributed by atoms with Crippen LogP contribution in [0.3, 0.4) is 0 Å². The van der Waals surface area contributed by atoms with Gasteiger partial charge in [-0.2, -0.15) is 0 Å². The Morgan fingerprint density at radius 3 is 2.33 bits per heavy atom. The Hall–Kier alpha value is -0.255. The molecule has 1 rings (SSSR count). The van der Waals surface area contributed by atoms with Crippen LogP contribution in [0.15, 0.2) is 18.2 Å². The lowest BCUT2D eigenvalue weighted by molar-refractivity contribution is 0.216. The molecule has 0 aliphatic carbocycles. The topological polar surface area (TPSA) is 49.7 Å². The summed E-state index contributed by atoms with van der Waals surface area (Å²) < 4.78 is 5.06. The number of benzene rings is 1. The second kappa shape index (κ2) is 6.35. The molecule has 0 amide bonds. The van der Waals surface area contributed by atoms with E-state index >= 15 is 0 Å². The van der Waals surface area contributed by atoms with Crippen molar-refractivity contribution < 1.29 is 14.8 Å². The Balaban J connectivity index is 2.60. The van der Waals surface area contributed by atoms with E-state index in [1.165, 1.54) is 0 Å². The maximum Gasteiger partial charge on any atom is 0.491 e. The molecule has 0 radical (unpaired) electrons. The van der Waals surface area contributed by atoms with Crippen LogP contribution in [-0.4, -0.2) is 30.5 Å². The largest absolute Gasteiger partial charge is 0.491 e. The summed E-state index contributed by atoms with van der Waals surface area (Å²) in [6.07, 6.45) is 0.478. The molecule has 2 N–H and O–H groups in total. The second-order valence-corrected chi connectivity index (χ2v) is 3.88. The van der Waals surface area contributed by atoms with Crippen LogP contribution in [0, 0.1) is 0 Å². The number of hydrogen-bond donors (Lipinski definition) is 2. The maximum absolute atomic E-state index is 9.57. The Bertz CT molecular complexity index is 302. The number of aliphatic hydroxyl groups excluding tert-OH is 1. The zero-order chi connectivity index (χ0) is 11.3. The highest BCUT2D eigenvalue weighted by Crippen LogP contribution is 2.14. The molecule has 0 spiro atoms. The van der Waals surface area contributed by atoms with Crippen molar-refractivity contribution >= 4 is 35.8 Å². The van der Waals surface area contributed by atoms with Crippen LogP contribution in [0.2, 0.25) is 10.0 Å². The molecule has 3 nitrogen and oxygen atoms in total. The molecule has 82 valence electrons. The van der Waals surface area contributed by atoms with Crippen LogP contribution in [0.5, 0.6) is 0 Å². The molecule has 1 aromatic rings. The van der Waals surface area contributed by atoms with Gasteiger partial charge >= 0.3 is 7.12 Å². The van der Waals surface area contributed by atoms with Gasteiger partial charge in [0.1, 0.15) is 0 Å². The monoisotopic (exact) mass is 248 g/mol. The van der Waals surface area contributed by atoms with Gasteiger partial charge in [-0.05, 0) is 30.1 Å². The summed E-state index contributed by atoms with van der Waals surface area (Å²) in [5.74, 6) is 0. The highest BCUT2D eigenvalue weighted by Gasteiger charge is 2.17. The van der Waals surface area contributed by atoms with Crippen LogP contribution < -0.4 is 5.46 Å². The zero-order valence-corrected chi connectivity index (χ0v) is 9.50. The number of aliphatic hydroxyl groups is 1. The van der Waals surface area contributed by atoms with Gasteiger partial charge in [0, 0.05) is 23.3 Å². The third-order valence-electron chi connectivity index (χ3n) is 1.75. The van der Waals surface area contributed by atoms with Crippen molar-refractivity contribution in [1.29, 1.82) is 0 Å². The summed E-state index contributed by atoms with van der Waals surface area (Å²) >= 11 is 11.5. The summed E-state index contributed by atoms with van der Waals surface area (Å²) in [5, 5.41) is 19.0. The highest BCUT2D eigenvalue weighted by molar-refractivity contribution is 6.60. The standard InChI is InChI=1S/C9H11BCl2O3/c11-8-4-7(5-9(12)6-8)10(14)15-3-1-2-13/h4-6,13-14H,1-3H2. The van der Waals surface area contributed by atoms with Gasteiger partial charge in [0.05, 0.1) is 0 Å². The van der Waals surface area contributed by atoms with Crippen LogP contribution >= 0.6 is 23.2 Å². The van der Waals surface area contributed by atoms with Gasteiger partial charge in [-0.1, -0.05) is 23.2 Å². The smallest absolute Gasteiger partial charge is 0.423 e. The SMILES string of the molecule is OCCCOB(O)c1cc(Cl)cc(Cl)c1. The quantitative estimate of drug-likeness (QED) is 0.606. The first-order chi connectivity index (χ1) is 7.13. The van der Waals surface area contributed by atoms with E-state index in [1.54, 1.807) is 18.2 Å². The lowest BCUT2D eigenvalue weighted by Crippen LogP contribution is -2.34. The van der Waals surface area contributed by atoms with E-state index in [0.29, 0.717) is 21.9 Å². The highest BCUT2D eigenvalue weighted by atomic mass is 35.5. The van der Waals surface area contributed by atoms with Gasteiger partial charge < -0.3 is 14.8 Å². The predicted molar refractivity (Wildman–Crippen MR) is 61.7 cm³/mol. The van der Waals surface area contributed by atoms with Gasteiger partial charge in [-0.15, -0.1) is 0 Å². The first-order valence-corrected chi connectivity index (χ1v) is 5.25. The number of rotatable bonds is 5. The molecule has 6 heteroatoms. The van der Waals surface area contributed by atoms with Crippen LogP contribution in [0.25, 0.3) is 0 Å². The molecule has 0 aromatic heterocycles. The molecule has 0 unspecified atom stereocenters. The minimum absolute atomic E-state index is 0.0308. The van der Waals surface area contributed by atoms with Crippen LogP contribution in [0.4, 0.5) is 0 Å². The average molecular weight is 249 g/mol. The molecule has 0 aliphatic rings. The van der Waals surface area contributed by atoms with Crippen LogP contribution in [-0.2, 0) is 4.65 Å². The molecule has 15 heavy (non-hydrogen) atoms. The van der Waals surface area contributed by atoms with Gasteiger partial charge in [0.25, 0.3) is 0 Å². The Morgan fingerprint density at radius 2 is 1.80 bits per heavy atom. The van der Waals surface area contributed by atoms with Crippen molar-refractivity contribution in [1.82, 2.24) is 0 Å². The Kier molecular flexibility index (Phi) is 5.43. The zero-order valence-electron chi connectivity index (χ0n) is 7.99. The van der Waals surface area contributed by atoms with Gasteiger partial charge in [-0.3, -0.25) is 0 Å². The fourth-order valence-corrected chi connectivity index (χ4v) is 1.62. The molecule has 0 saturated heterocycles. The van der Waals surface area contributed by atoms with Crippen molar-refractivity contribution in [2.75, 3.05) is 13.2 Å². The molecule has 0 heterocycles. The van der Waals surface area contributed by atoms with Crippen LogP contribution in [0.1, 0.15) is 6.42 Å². The molecular formula is C9H11BCl2O3. The lowest BCUT2D eigenvalue weighted by atomic mass is 9.79. The second-order valence-electron chi connectivity index (χ2n) is 3.00. The first-order valence-electron chi connectivity index (χ1n) is 4.50. The van der Waals surface area contributed by atoms with E-state index in [1.807, 2.05) is 0 Å². The van der Waals surface area contributed by atoms with Crippen molar-refractivity contribution in [2.24, 2.45) is 0 Å². The van der Waals surface area contributed by atoms with Gasteiger partial charge in [0.2, 0.25) is 0 Å². The van der Waals surface area contributed by atoms with E-state index in [2.05, 4.69) is 0 Å². The fraction of sp³-hybridized carbons (Fsp3) is 0.333. The number of halogens is 2. The summed E-state index contributed by atoms with van der Waals surface area (Å²) in [5.41, 5.74) is 0.505. The lowest BCUT2D eigenvalue weighted by Gasteiger charge is -2.08. The van der Waals surface area contributed by atoms with Crippen molar-refractivity contribution in [3.05, 3.63) is 28.2 Å². The van der Waals surface area contributed by atoms with Crippen molar-refractivity contribution in [3.8, 4) is 0 Å². The summed E-state index contributed by atoms with van der Waals surface area (Å²) in [7, 11) is -1.06. The maximum atomic E-state index is 9.57. The third kappa shape index (κ3) is 4.41. The molecule has 1 aromatic carbocycles. The molecule has 0 fully saturated rings. The Labute approximate surface area is 98.7 Å². The van der Waals surface area contributed by atoms with E-state index < -0.39 is 7.12 Å². The minimum atomic E-state index is -1.06.